The number of hydrogen-bond acceptors (Lipinski definition) is 2. The first-order valence-corrected chi connectivity index (χ1v) is 4.93. The van der Waals surface area contributed by atoms with Crippen molar-refractivity contribution in [3.8, 4) is 5.75 Å². The molecule has 0 bridgehead atoms. The molecular formula is C14H14O2. The fraction of sp³-hybridized carbons (Fsp3) is 0. The lowest BCUT2D eigenvalue weighted by Gasteiger charge is -1.86. The molecule has 0 saturated carbocycles. The van der Waals surface area contributed by atoms with Crippen LogP contribution in [0.3, 0.4) is 0 Å². The molecule has 0 aromatic heterocycles. The van der Waals surface area contributed by atoms with Crippen LogP contribution in [0.25, 0.3) is 6.08 Å². The van der Waals surface area contributed by atoms with E-state index in [4.69, 9.17) is 10.2 Å². The van der Waals surface area contributed by atoms with E-state index in [0.717, 1.165) is 11.8 Å². The molecule has 0 atom stereocenters. The van der Waals surface area contributed by atoms with Crippen LogP contribution in [0.4, 0.5) is 0 Å². The summed E-state index contributed by atoms with van der Waals surface area (Å²) in [5.74, 6) is 0.322. The number of aromatic hydroxyl groups is 1. The van der Waals surface area contributed by atoms with Gasteiger partial charge in [-0.1, -0.05) is 48.5 Å². The summed E-state index contributed by atoms with van der Waals surface area (Å²) in [6.45, 7) is 0. The van der Waals surface area contributed by atoms with Gasteiger partial charge in [-0.2, -0.15) is 0 Å². The molecule has 0 amide bonds. The zero-order chi connectivity index (χ0) is 11.6. The smallest absolute Gasteiger partial charge is 0.115 e. The number of para-hydroxylation sites is 1. The number of rotatable bonds is 1. The molecular weight excluding hydrogens is 200 g/mol. The lowest BCUT2D eigenvalue weighted by atomic mass is 10.2. The molecule has 0 aliphatic carbocycles. The summed E-state index contributed by atoms with van der Waals surface area (Å²) in [6.07, 6.45) is 2.68. The molecule has 82 valence electrons. The van der Waals surface area contributed by atoms with Crippen molar-refractivity contribution in [1.82, 2.24) is 0 Å². The summed E-state index contributed by atoms with van der Waals surface area (Å²) in [5.41, 5.74) is 1.01. The van der Waals surface area contributed by atoms with Crippen molar-refractivity contribution in [2.75, 3.05) is 0 Å². The van der Waals surface area contributed by atoms with Gasteiger partial charge in [0.15, 0.2) is 0 Å². The van der Waals surface area contributed by atoms with Gasteiger partial charge in [0, 0.05) is 0 Å². The molecule has 0 spiro atoms. The number of aliphatic hydroxyl groups excluding tert-OH is 1. The summed E-state index contributed by atoms with van der Waals surface area (Å²) in [5, 5.41) is 17.0. The topological polar surface area (TPSA) is 40.5 Å². The van der Waals surface area contributed by atoms with E-state index in [0.29, 0.717) is 5.75 Å². The van der Waals surface area contributed by atoms with Crippen LogP contribution in [-0.2, 0) is 0 Å². The second-order valence-corrected chi connectivity index (χ2v) is 3.06. The maximum atomic E-state index is 8.63. The molecule has 0 saturated heterocycles. The van der Waals surface area contributed by atoms with E-state index in [1.54, 1.807) is 30.3 Å². The zero-order valence-electron chi connectivity index (χ0n) is 8.82. The van der Waals surface area contributed by atoms with Crippen LogP contribution in [0.2, 0.25) is 0 Å². The molecule has 0 radical (unpaired) electrons. The van der Waals surface area contributed by atoms with Gasteiger partial charge in [-0.25, -0.2) is 0 Å². The Morgan fingerprint density at radius 3 is 1.62 bits per heavy atom. The van der Waals surface area contributed by atoms with E-state index in [9.17, 15) is 0 Å². The Kier molecular flexibility index (Phi) is 5.28. The van der Waals surface area contributed by atoms with Gasteiger partial charge in [-0.15, -0.1) is 0 Å². The van der Waals surface area contributed by atoms with Crippen molar-refractivity contribution in [1.29, 1.82) is 0 Å². The number of hydrogen-bond donors (Lipinski definition) is 2. The van der Waals surface area contributed by atoms with Gasteiger partial charge in [0.25, 0.3) is 0 Å². The number of phenols is 1. The quantitative estimate of drug-likeness (QED) is 0.712. The van der Waals surface area contributed by atoms with Gasteiger partial charge in [0.1, 0.15) is 5.75 Å². The predicted octanol–water partition coefficient (Wildman–Crippen LogP) is 3.61. The molecule has 2 N–H and O–H groups in total. The van der Waals surface area contributed by atoms with Crippen LogP contribution in [0.5, 0.6) is 5.75 Å². The highest BCUT2D eigenvalue weighted by atomic mass is 16.3. The molecule has 0 heterocycles. The van der Waals surface area contributed by atoms with E-state index in [2.05, 4.69) is 0 Å². The highest BCUT2D eigenvalue weighted by Gasteiger charge is 1.78. The summed E-state index contributed by atoms with van der Waals surface area (Å²) < 4.78 is 0. The third-order valence-electron chi connectivity index (χ3n) is 1.82. The highest BCUT2D eigenvalue weighted by Crippen LogP contribution is 2.02. The Morgan fingerprint density at radius 2 is 1.25 bits per heavy atom. The highest BCUT2D eigenvalue weighted by molar-refractivity contribution is 5.47. The van der Waals surface area contributed by atoms with Crippen LogP contribution >= 0.6 is 0 Å². The van der Waals surface area contributed by atoms with Gasteiger partial charge in [-0.05, 0) is 23.8 Å². The largest absolute Gasteiger partial charge is 0.516 e. The Bertz CT molecular complexity index is 407. The average Bonchev–Trinajstić information content (AvgIpc) is 2.33. The standard InChI is InChI=1S/C8H8O.C6H6O/c9-7-6-8-4-2-1-3-5-8;7-6-4-2-1-3-5-6/h1-7,9H;1-5,7H. The summed E-state index contributed by atoms with van der Waals surface area (Å²) in [7, 11) is 0. The van der Waals surface area contributed by atoms with E-state index in [1.165, 1.54) is 0 Å². The fourth-order valence-electron chi connectivity index (χ4n) is 1.08. The first-order chi connectivity index (χ1) is 7.83. The summed E-state index contributed by atoms with van der Waals surface area (Å²) in [4.78, 5) is 0. The Balaban J connectivity index is 0.000000165. The van der Waals surface area contributed by atoms with Crippen LogP contribution < -0.4 is 0 Å². The number of phenolic OH excluding ortho intramolecular Hbond substituents is 1. The minimum absolute atomic E-state index is 0.322. The minimum Gasteiger partial charge on any atom is -0.516 e. The van der Waals surface area contributed by atoms with Gasteiger partial charge in [0.05, 0.1) is 6.26 Å². The first kappa shape index (κ1) is 11.9. The van der Waals surface area contributed by atoms with Crippen LogP contribution in [0.15, 0.2) is 66.9 Å². The van der Waals surface area contributed by atoms with Gasteiger partial charge in [0.2, 0.25) is 0 Å². The number of benzene rings is 2. The molecule has 0 aliphatic heterocycles. The van der Waals surface area contributed by atoms with Crippen molar-refractivity contribution in [2.45, 2.75) is 0 Å². The predicted molar refractivity (Wildman–Crippen MR) is 66.2 cm³/mol. The Hall–Kier alpha value is -2.22. The fourth-order valence-corrected chi connectivity index (χ4v) is 1.08. The molecule has 0 aliphatic rings. The molecule has 2 nitrogen and oxygen atoms in total. The average molecular weight is 214 g/mol. The van der Waals surface area contributed by atoms with Crippen molar-refractivity contribution < 1.29 is 10.2 Å². The van der Waals surface area contributed by atoms with E-state index in [1.807, 2.05) is 36.4 Å². The van der Waals surface area contributed by atoms with Crippen molar-refractivity contribution in [2.24, 2.45) is 0 Å². The normalized spacial score (nSPS) is 9.50. The summed E-state index contributed by atoms with van der Waals surface area (Å²) in [6, 6.07) is 18.4. The molecule has 2 aromatic carbocycles. The molecule has 0 unspecified atom stereocenters. The van der Waals surface area contributed by atoms with Crippen LogP contribution in [0, 0.1) is 0 Å². The van der Waals surface area contributed by atoms with E-state index in [-0.39, 0.29) is 0 Å². The minimum atomic E-state index is 0.322. The lowest BCUT2D eigenvalue weighted by molar-refractivity contribution is 0.475. The maximum absolute atomic E-state index is 8.63. The van der Waals surface area contributed by atoms with Gasteiger partial charge < -0.3 is 10.2 Å². The second kappa shape index (κ2) is 7.12. The molecule has 2 rings (SSSR count). The van der Waals surface area contributed by atoms with Gasteiger partial charge in [-0.3, -0.25) is 0 Å². The number of aliphatic hydroxyl groups is 1. The molecule has 2 aromatic rings. The molecule has 2 heteroatoms. The third-order valence-corrected chi connectivity index (χ3v) is 1.82. The maximum Gasteiger partial charge on any atom is 0.115 e. The van der Waals surface area contributed by atoms with Crippen LogP contribution in [-0.4, -0.2) is 10.2 Å². The van der Waals surface area contributed by atoms with Gasteiger partial charge >= 0.3 is 0 Å². The Morgan fingerprint density at radius 1 is 0.750 bits per heavy atom. The molecule has 0 fully saturated rings. The van der Waals surface area contributed by atoms with Crippen molar-refractivity contribution >= 4 is 6.08 Å². The first-order valence-electron chi connectivity index (χ1n) is 4.93. The summed E-state index contributed by atoms with van der Waals surface area (Å²) >= 11 is 0. The zero-order valence-corrected chi connectivity index (χ0v) is 8.82. The monoisotopic (exact) mass is 214 g/mol. The second-order valence-electron chi connectivity index (χ2n) is 3.06. The van der Waals surface area contributed by atoms with E-state index < -0.39 is 0 Å². The Labute approximate surface area is 95.1 Å². The van der Waals surface area contributed by atoms with Crippen LogP contribution in [0.1, 0.15) is 5.56 Å². The van der Waals surface area contributed by atoms with Crippen molar-refractivity contribution in [3.63, 3.8) is 0 Å². The van der Waals surface area contributed by atoms with E-state index >= 15 is 0 Å². The molecule has 16 heavy (non-hydrogen) atoms. The lowest BCUT2D eigenvalue weighted by Crippen LogP contribution is -1.66. The van der Waals surface area contributed by atoms with Crippen molar-refractivity contribution in [3.05, 3.63) is 72.5 Å². The third kappa shape index (κ3) is 4.86. The SMILES string of the molecule is OC=Cc1ccccc1.Oc1ccccc1.